The average molecular weight is 285 g/mol. The zero-order valence-electron chi connectivity index (χ0n) is 12.7. The molecule has 4 nitrogen and oxygen atoms in total. The van der Waals surface area contributed by atoms with Crippen LogP contribution in [0, 0.1) is 5.92 Å². The van der Waals surface area contributed by atoms with Crippen LogP contribution in [0.1, 0.15) is 26.7 Å². The highest BCUT2D eigenvalue weighted by Gasteiger charge is 2.24. The Kier molecular flexibility index (Phi) is 4.25. The first-order valence-electron chi connectivity index (χ1n) is 7.70. The fourth-order valence-corrected chi connectivity index (χ4v) is 2.82. The van der Waals surface area contributed by atoms with E-state index in [1.54, 1.807) is 6.20 Å². The Morgan fingerprint density at radius 1 is 1.33 bits per heavy atom. The molecule has 1 aliphatic heterocycles. The second-order valence-corrected chi connectivity index (χ2v) is 6.02. The number of aromatic nitrogens is 2. The molecule has 1 aliphatic rings. The van der Waals surface area contributed by atoms with Crippen LogP contribution in [0.3, 0.4) is 0 Å². The molecule has 2 heterocycles. The molecule has 2 aromatic rings. The summed E-state index contributed by atoms with van der Waals surface area (Å²) < 4.78 is 7.72. The van der Waals surface area contributed by atoms with E-state index >= 15 is 0 Å². The van der Waals surface area contributed by atoms with E-state index in [1.807, 2.05) is 16.9 Å². The van der Waals surface area contributed by atoms with Crippen LogP contribution < -0.4 is 5.32 Å². The molecule has 1 aromatic carbocycles. The predicted octanol–water partition coefficient (Wildman–Crippen LogP) is 3.49. The van der Waals surface area contributed by atoms with Crippen molar-refractivity contribution < 1.29 is 4.74 Å². The lowest BCUT2D eigenvalue weighted by molar-refractivity contribution is -0.0160. The molecule has 0 amide bonds. The van der Waals surface area contributed by atoms with E-state index in [1.165, 1.54) is 0 Å². The van der Waals surface area contributed by atoms with Crippen molar-refractivity contribution in [2.45, 2.75) is 38.8 Å². The first-order chi connectivity index (χ1) is 10.2. The molecule has 112 valence electrons. The summed E-state index contributed by atoms with van der Waals surface area (Å²) >= 11 is 0. The second-order valence-electron chi connectivity index (χ2n) is 6.02. The van der Waals surface area contributed by atoms with Gasteiger partial charge in [0, 0.05) is 30.7 Å². The first kappa shape index (κ1) is 14.1. The molecule has 3 rings (SSSR count). The van der Waals surface area contributed by atoms with Crippen molar-refractivity contribution in [1.29, 1.82) is 0 Å². The summed E-state index contributed by atoms with van der Waals surface area (Å²) in [6, 6.07) is 10.8. The average Bonchev–Trinajstić information content (AvgIpc) is 3.02. The molecule has 0 spiro atoms. The van der Waals surface area contributed by atoms with Crippen LogP contribution >= 0.6 is 0 Å². The highest BCUT2D eigenvalue weighted by Crippen LogP contribution is 2.24. The van der Waals surface area contributed by atoms with Gasteiger partial charge in [0.25, 0.3) is 0 Å². The SMILES string of the molecule is CC(C)C1CC(Nc2cccc(-n3cccn3)c2)CCO1. The fraction of sp³-hybridized carbons (Fsp3) is 0.471. The summed E-state index contributed by atoms with van der Waals surface area (Å²) in [6.07, 6.45) is 6.26. The Morgan fingerprint density at radius 3 is 3.00 bits per heavy atom. The van der Waals surface area contributed by atoms with Crippen LogP contribution in [0.25, 0.3) is 5.69 Å². The number of rotatable bonds is 4. The fourth-order valence-electron chi connectivity index (χ4n) is 2.82. The number of anilines is 1. The summed E-state index contributed by atoms with van der Waals surface area (Å²) in [4.78, 5) is 0. The van der Waals surface area contributed by atoms with E-state index in [4.69, 9.17) is 4.74 Å². The minimum atomic E-state index is 0.366. The summed E-state index contributed by atoms with van der Waals surface area (Å²) in [6.45, 7) is 5.30. The summed E-state index contributed by atoms with van der Waals surface area (Å²) in [5, 5.41) is 7.93. The Hall–Kier alpha value is -1.81. The molecule has 0 saturated carbocycles. The van der Waals surface area contributed by atoms with E-state index in [2.05, 4.69) is 48.5 Å². The molecule has 21 heavy (non-hydrogen) atoms. The highest BCUT2D eigenvalue weighted by atomic mass is 16.5. The third-order valence-electron chi connectivity index (χ3n) is 4.04. The van der Waals surface area contributed by atoms with Gasteiger partial charge in [0.15, 0.2) is 0 Å². The lowest BCUT2D eigenvalue weighted by atomic mass is 9.95. The molecule has 1 aromatic heterocycles. The minimum absolute atomic E-state index is 0.366. The molecule has 1 fully saturated rings. The number of nitrogens with zero attached hydrogens (tertiary/aromatic N) is 2. The molecule has 0 radical (unpaired) electrons. The third kappa shape index (κ3) is 3.45. The number of nitrogens with one attached hydrogen (secondary N) is 1. The van der Waals surface area contributed by atoms with Gasteiger partial charge in [-0.05, 0) is 43.0 Å². The largest absolute Gasteiger partial charge is 0.382 e. The molecule has 4 heteroatoms. The predicted molar refractivity (Wildman–Crippen MR) is 84.8 cm³/mol. The zero-order chi connectivity index (χ0) is 14.7. The number of ether oxygens (including phenoxy) is 1. The molecule has 0 bridgehead atoms. The van der Waals surface area contributed by atoms with E-state index < -0.39 is 0 Å². The Morgan fingerprint density at radius 2 is 2.24 bits per heavy atom. The molecule has 2 unspecified atom stereocenters. The van der Waals surface area contributed by atoms with Crippen molar-refractivity contribution in [1.82, 2.24) is 9.78 Å². The van der Waals surface area contributed by atoms with E-state index in [9.17, 15) is 0 Å². The van der Waals surface area contributed by atoms with Crippen molar-refractivity contribution in [3.8, 4) is 5.69 Å². The topological polar surface area (TPSA) is 39.1 Å². The smallest absolute Gasteiger partial charge is 0.0666 e. The first-order valence-corrected chi connectivity index (χ1v) is 7.70. The maximum atomic E-state index is 5.84. The molecule has 0 aliphatic carbocycles. The van der Waals surface area contributed by atoms with Crippen molar-refractivity contribution in [3.63, 3.8) is 0 Å². The zero-order valence-corrected chi connectivity index (χ0v) is 12.7. The van der Waals surface area contributed by atoms with Gasteiger partial charge in [-0.15, -0.1) is 0 Å². The molecule has 1 N–H and O–H groups in total. The van der Waals surface area contributed by atoms with Gasteiger partial charge in [-0.1, -0.05) is 19.9 Å². The Balaban J connectivity index is 1.69. The van der Waals surface area contributed by atoms with Crippen molar-refractivity contribution >= 4 is 5.69 Å². The van der Waals surface area contributed by atoms with Gasteiger partial charge < -0.3 is 10.1 Å². The van der Waals surface area contributed by atoms with Gasteiger partial charge in [-0.2, -0.15) is 5.10 Å². The van der Waals surface area contributed by atoms with Gasteiger partial charge in [-0.25, -0.2) is 4.68 Å². The van der Waals surface area contributed by atoms with Crippen LogP contribution in [0.5, 0.6) is 0 Å². The second kappa shape index (κ2) is 6.31. The maximum absolute atomic E-state index is 5.84. The lowest BCUT2D eigenvalue weighted by Crippen LogP contribution is -2.36. The molecular formula is C17H23N3O. The van der Waals surface area contributed by atoms with Crippen molar-refractivity contribution in [2.24, 2.45) is 5.92 Å². The summed E-state index contributed by atoms with van der Waals surface area (Å²) in [5.41, 5.74) is 2.23. The van der Waals surface area contributed by atoms with Gasteiger partial charge >= 0.3 is 0 Å². The van der Waals surface area contributed by atoms with Crippen LogP contribution in [-0.4, -0.2) is 28.5 Å². The summed E-state index contributed by atoms with van der Waals surface area (Å²) in [5.74, 6) is 0.574. The van der Waals surface area contributed by atoms with Crippen molar-refractivity contribution in [3.05, 3.63) is 42.7 Å². The van der Waals surface area contributed by atoms with Gasteiger partial charge in [-0.3, -0.25) is 0 Å². The van der Waals surface area contributed by atoms with Gasteiger partial charge in [0.2, 0.25) is 0 Å². The number of hydrogen-bond acceptors (Lipinski definition) is 3. The lowest BCUT2D eigenvalue weighted by Gasteiger charge is -2.33. The van der Waals surface area contributed by atoms with Gasteiger partial charge in [0.05, 0.1) is 11.8 Å². The normalized spacial score (nSPS) is 22.4. The highest BCUT2D eigenvalue weighted by molar-refractivity contribution is 5.51. The minimum Gasteiger partial charge on any atom is -0.382 e. The summed E-state index contributed by atoms with van der Waals surface area (Å²) in [7, 11) is 0. The Bertz CT molecular complexity index is 565. The van der Waals surface area contributed by atoms with Crippen LogP contribution in [-0.2, 0) is 4.74 Å². The standard InChI is InChI=1S/C17H23N3O/c1-13(2)17-12-15(7-10-21-17)19-14-5-3-6-16(11-14)20-9-4-8-18-20/h3-6,8-9,11,13,15,17,19H,7,10,12H2,1-2H3. The molecule has 1 saturated heterocycles. The number of hydrogen-bond donors (Lipinski definition) is 1. The van der Waals surface area contributed by atoms with Crippen LogP contribution in [0.15, 0.2) is 42.7 Å². The molecular weight excluding hydrogens is 262 g/mol. The third-order valence-corrected chi connectivity index (χ3v) is 4.04. The monoisotopic (exact) mass is 285 g/mol. The molecule has 2 atom stereocenters. The van der Waals surface area contributed by atoms with E-state index in [0.29, 0.717) is 18.1 Å². The quantitative estimate of drug-likeness (QED) is 0.934. The van der Waals surface area contributed by atoms with Gasteiger partial charge in [0.1, 0.15) is 0 Å². The van der Waals surface area contributed by atoms with E-state index in [-0.39, 0.29) is 0 Å². The maximum Gasteiger partial charge on any atom is 0.0666 e. The van der Waals surface area contributed by atoms with E-state index in [0.717, 1.165) is 30.8 Å². The number of benzene rings is 1. The van der Waals surface area contributed by atoms with Crippen molar-refractivity contribution in [2.75, 3.05) is 11.9 Å². The Labute approximate surface area is 126 Å². The van der Waals surface area contributed by atoms with Crippen LogP contribution in [0.2, 0.25) is 0 Å². The van der Waals surface area contributed by atoms with Crippen LogP contribution in [0.4, 0.5) is 5.69 Å².